The van der Waals surface area contributed by atoms with Gasteiger partial charge in [0.2, 0.25) is 0 Å². The van der Waals surface area contributed by atoms with Crippen molar-refractivity contribution in [3.05, 3.63) is 0 Å². The monoisotopic (exact) mass is 210 g/mol. The normalized spacial score (nSPS) is 78.7. The number of hydrogen-bond donors (Lipinski definition) is 0. The van der Waals surface area contributed by atoms with E-state index in [1.807, 2.05) is 0 Å². The van der Waals surface area contributed by atoms with Crippen molar-refractivity contribution in [2.75, 3.05) is 0 Å². The molecule has 48 valence electrons. The second-order valence-electron chi connectivity index (χ2n) is 2.44. The van der Waals surface area contributed by atoms with Gasteiger partial charge in [-0.2, -0.15) is 0 Å². The first-order valence-corrected chi connectivity index (χ1v) is 7.08. The highest BCUT2D eigenvalue weighted by molar-refractivity contribution is 8.65. The van der Waals surface area contributed by atoms with Gasteiger partial charge in [0.25, 0.3) is 0 Å². The van der Waals surface area contributed by atoms with Crippen LogP contribution in [0.2, 0.25) is 0 Å². The van der Waals surface area contributed by atoms with Crippen LogP contribution >= 0.6 is 58.8 Å². The molecule has 0 saturated carbocycles. The SMILES string of the molecule is S1C2SC12SC12SC1S2. The standard InChI is InChI=1S/C4H2S5/c5-1-3(5,6-1)9-4-2(7-4)8-4/h1-2H. The van der Waals surface area contributed by atoms with Crippen LogP contribution in [-0.4, -0.2) is 16.0 Å². The number of thioether (sulfide) groups is 5. The highest BCUT2D eigenvalue weighted by Crippen LogP contribution is 2.99. The van der Waals surface area contributed by atoms with E-state index in [1.54, 1.807) is 0 Å². The average molecular weight is 210 g/mol. The summed E-state index contributed by atoms with van der Waals surface area (Å²) < 4.78 is 3.45. The third-order valence-corrected chi connectivity index (χ3v) is 11.9. The quantitative estimate of drug-likeness (QED) is 0.641. The van der Waals surface area contributed by atoms with E-state index in [-0.39, 0.29) is 0 Å². The predicted octanol–water partition coefficient (Wildman–Crippen LogP) is 2.67. The first-order chi connectivity index (χ1) is 4.33. The molecule has 0 unspecified atom stereocenters. The van der Waals surface area contributed by atoms with Crippen molar-refractivity contribution >= 4 is 58.8 Å². The maximum atomic E-state index is 2.24. The van der Waals surface area contributed by atoms with Crippen molar-refractivity contribution in [2.45, 2.75) is 16.0 Å². The molecule has 0 spiro atoms. The van der Waals surface area contributed by atoms with Gasteiger partial charge < -0.3 is 0 Å². The minimum Gasteiger partial charge on any atom is -0.113 e. The first-order valence-electron chi connectivity index (χ1n) is 2.74. The van der Waals surface area contributed by atoms with Crippen LogP contribution in [-0.2, 0) is 0 Å². The van der Waals surface area contributed by atoms with E-state index in [1.165, 1.54) is 0 Å². The van der Waals surface area contributed by atoms with E-state index in [2.05, 4.69) is 58.8 Å². The van der Waals surface area contributed by atoms with Crippen molar-refractivity contribution < 1.29 is 0 Å². The fourth-order valence-corrected chi connectivity index (χ4v) is 10.3. The molecule has 4 heterocycles. The van der Waals surface area contributed by atoms with Gasteiger partial charge in [0.15, 0.2) is 0 Å². The van der Waals surface area contributed by atoms with Crippen LogP contribution in [0.3, 0.4) is 0 Å². The lowest BCUT2D eigenvalue weighted by atomic mass is 11.0. The summed E-state index contributed by atoms with van der Waals surface area (Å²) in [5.74, 6) is 0. The molecule has 0 amide bonds. The molecule has 0 atom stereocenters. The second kappa shape index (κ2) is 1.22. The zero-order valence-corrected chi connectivity index (χ0v) is 8.28. The number of rotatable bonds is 2. The van der Waals surface area contributed by atoms with Gasteiger partial charge in [-0.15, -0.1) is 58.8 Å². The van der Waals surface area contributed by atoms with Crippen LogP contribution < -0.4 is 0 Å². The molecule has 0 aliphatic carbocycles. The average Bonchev–Trinajstić information content (AvgIpc) is 2.21. The molecule has 9 heavy (non-hydrogen) atoms. The minimum absolute atomic E-state index is 0.714. The van der Waals surface area contributed by atoms with E-state index in [0.29, 0.717) is 6.82 Å². The van der Waals surface area contributed by atoms with Crippen LogP contribution in [0.5, 0.6) is 0 Å². The first kappa shape index (κ1) is 5.41. The second-order valence-corrected chi connectivity index (χ2v) is 11.5. The van der Waals surface area contributed by atoms with Gasteiger partial charge in [0.1, 0.15) is 6.82 Å². The van der Waals surface area contributed by atoms with E-state index in [9.17, 15) is 0 Å². The Hall–Kier alpha value is 1.75. The Bertz CT molecular complexity index is 179. The molecule has 0 aromatic heterocycles. The predicted molar refractivity (Wildman–Crippen MR) is 51.0 cm³/mol. The van der Waals surface area contributed by atoms with Gasteiger partial charge in [-0.3, -0.25) is 0 Å². The zero-order chi connectivity index (χ0) is 5.69. The molecule has 4 fully saturated rings. The van der Waals surface area contributed by atoms with Gasteiger partial charge in [0.05, 0.1) is 9.16 Å². The van der Waals surface area contributed by atoms with Gasteiger partial charge in [-0.1, -0.05) is 0 Å². The molecule has 5 heteroatoms. The van der Waals surface area contributed by atoms with E-state index in [4.69, 9.17) is 0 Å². The fraction of sp³-hybridized carbons (Fsp3) is 1.00. The summed E-state index contributed by atoms with van der Waals surface area (Å²) in [6.07, 6.45) is 0. The van der Waals surface area contributed by atoms with E-state index >= 15 is 0 Å². The smallest absolute Gasteiger partial charge is 0.113 e. The lowest BCUT2D eigenvalue weighted by Crippen LogP contribution is -1.85. The highest BCUT2D eigenvalue weighted by atomic mass is 32.3. The molecular formula is C4H2S5. The van der Waals surface area contributed by atoms with Crippen molar-refractivity contribution in [1.82, 2.24) is 0 Å². The van der Waals surface area contributed by atoms with E-state index < -0.39 is 0 Å². The molecule has 0 nitrogen and oxygen atoms in total. The Labute approximate surface area is 74.4 Å². The van der Waals surface area contributed by atoms with Crippen molar-refractivity contribution in [3.63, 3.8) is 0 Å². The van der Waals surface area contributed by atoms with Crippen LogP contribution in [0.4, 0.5) is 0 Å². The summed E-state index contributed by atoms with van der Waals surface area (Å²) in [6, 6.07) is 0. The molecule has 0 aromatic rings. The fourth-order valence-electron chi connectivity index (χ4n) is 0.869. The van der Waals surface area contributed by atoms with Crippen LogP contribution in [0.1, 0.15) is 0 Å². The summed E-state index contributed by atoms with van der Waals surface area (Å²) in [5.41, 5.74) is 0. The third kappa shape index (κ3) is 0.581. The summed E-state index contributed by atoms with van der Waals surface area (Å²) in [5, 5.41) is 0. The Kier molecular flexibility index (Phi) is 0.732. The number of fused-ring (bicyclic) bond motifs is 2. The van der Waals surface area contributed by atoms with E-state index in [0.717, 1.165) is 9.16 Å². The summed E-state index contributed by atoms with van der Waals surface area (Å²) in [6.45, 7) is 0. The Balaban J connectivity index is 1.62. The Morgan fingerprint density at radius 1 is 0.889 bits per heavy atom. The maximum Gasteiger partial charge on any atom is 0.132 e. The molecule has 0 bridgehead atoms. The van der Waals surface area contributed by atoms with Gasteiger partial charge >= 0.3 is 0 Å². The Morgan fingerprint density at radius 3 is 1.44 bits per heavy atom. The summed E-state index contributed by atoms with van der Waals surface area (Å²) in [7, 11) is 0. The van der Waals surface area contributed by atoms with Gasteiger partial charge in [-0.25, -0.2) is 0 Å². The largest absolute Gasteiger partial charge is 0.132 e. The molecular weight excluding hydrogens is 208 g/mol. The molecule has 0 aromatic carbocycles. The molecule has 0 radical (unpaired) electrons. The van der Waals surface area contributed by atoms with Crippen LogP contribution in [0, 0.1) is 0 Å². The van der Waals surface area contributed by atoms with Crippen molar-refractivity contribution in [1.29, 1.82) is 0 Å². The lowest BCUT2D eigenvalue weighted by molar-refractivity contribution is 1.55. The Morgan fingerprint density at radius 2 is 1.22 bits per heavy atom. The third-order valence-electron chi connectivity index (χ3n) is 1.72. The number of hydrogen-bond acceptors (Lipinski definition) is 5. The topological polar surface area (TPSA) is 0 Å². The zero-order valence-electron chi connectivity index (χ0n) is 4.20. The summed E-state index contributed by atoms with van der Waals surface area (Å²) >= 11 is 10.9. The minimum atomic E-state index is 0.714. The lowest BCUT2D eigenvalue weighted by Gasteiger charge is -1.99. The van der Waals surface area contributed by atoms with Crippen LogP contribution in [0.25, 0.3) is 0 Å². The van der Waals surface area contributed by atoms with Gasteiger partial charge in [0, 0.05) is 0 Å². The molecule has 0 N–H and O–H groups in total. The van der Waals surface area contributed by atoms with Crippen molar-refractivity contribution in [2.24, 2.45) is 0 Å². The van der Waals surface area contributed by atoms with Crippen LogP contribution in [0.15, 0.2) is 0 Å². The molecule has 4 aliphatic rings. The van der Waals surface area contributed by atoms with Crippen molar-refractivity contribution in [3.8, 4) is 0 Å². The summed E-state index contributed by atoms with van der Waals surface area (Å²) in [4.78, 5) is 0. The molecule has 4 saturated heterocycles. The molecule has 4 aliphatic heterocycles. The highest BCUT2D eigenvalue weighted by Gasteiger charge is 2.85. The van der Waals surface area contributed by atoms with Gasteiger partial charge in [-0.05, 0) is 0 Å². The molecule has 4 rings (SSSR count). The maximum absolute atomic E-state index is 2.24.